The van der Waals surface area contributed by atoms with Crippen LogP contribution in [0.5, 0.6) is 0 Å². The topological polar surface area (TPSA) is 29.1 Å². The van der Waals surface area contributed by atoms with E-state index in [4.69, 9.17) is 0 Å². The van der Waals surface area contributed by atoms with Crippen LogP contribution in [0.25, 0.3) is 0 Å². The molecule has 70 valence electrons. The quantitative estimate of drug-likeness (QED) is 0.506. The van der Waals surface area contributed by atoms with Crippen molar-refractivity contribution >= 4 is 6.41 Å². The van der Waals surface area contributed by atoms with Gasteiger partial charge in [-0.05, 0) is 18.3 Å². The average molecular weight is 169 g/mol. The highest BCUT2D eigenvalue weighted by Gasteiger charge is 2.17. The van der Waals surface area contributed by atoms with Crippen LogP contribution >= 0.6 is 0 Å². The Kier molecular flexibility index (Phi) is 4.12. The molecule has 0 aliphatic heterocycles. The smallest absolute Gasteiger partial charge is 0.207 e. The van der Waals surface area contributed by atoms with E-state index in [9.17, 15) is 4.79 Å². The van der Waals surface area contributed by atoms with Crippen molar-refractivity contribution < 1.29 is 4.79 Å². The molecule has 0 aromatic heterocycles. The molecule has 0 unspecified atom stereocenters. The summed E-state index contributed by atoms with van der Waals surface area (Å²) in [5.41, 5.74) is 0. The van der Waals surface area contributed by atoms with Crippen molar-refractivity contribution in [2.75, 3.05) is 6.54 Å². The lowest BCUT2D eigenvalue weighted by Crippen LogP contribution is -2.19. The lowest BCUT2D eigenvalue weighted by molar-refractivity contribution is -0.109. The maximum Gasteiger partial charge on any atom is 0.207 e. The Balaban J connectivity index is 2.05. The second kappa shape index (κ2) is 5.18. The molecule has 1 fully saturated rings. The van der Waals surface area contributed by atoms with Gasteiger partial charge in [0.05, 0.1) is 0 Å². The van der Waals surface area contributed by atoms with Crippen LogP contribution in [-0.2, 0) is 4.79 Å². The average Bonchev–Trinajstić information content (AvgIpc) is 2.09. The van der Waals surface area contributed by atoms with Gasteiger partial charge in [-0.15, -0.1) is 0 Å². The van der Waals surface area contributed by atoms with Crippen LogP contribution in [0.3, 0.4) is 0 Å². The summed E-state index contributed by atoms with van der Waals surface area (Å²) >= 11 is 0. The summed E-state index contributed by atoms with van der Waals surface area (Å²) in [4.78, 5) is 9.99. The minimum absolute atomic E-state index is 0.797. The molecule has 0 bridgehead atoms. The fourth-order valence-electron chi connectivity index (χ4n) is 1.96. The molecular weight excluding hydrogens is 150 g/mol. The molecule has 1 saturated carbocycles. The third-order valence-corrected chi connectivity index (χ3v) is 2.92. The Morgan fingerprint density at radius 1 is 1.33 bits per heavy atom. The van der Waals surface area contributed by atoms with Crippen molar-refractivity contribution in [3.05, 3.63) is 0 Å². The van der Waals surface area contributed by atoms with Gasteiger partial charge in [-0.3, -0.25) is 4.79 Å². The minimum Gasteiger partial charge on any atom is -0.359 e. The molecule has 0 heterocycles. The number of amides is 1. The molecule has 0 spiro atoms. The lowest BCUT2D eigenvalue weighted by Gasteiger charge is -2.25. The van der Waals surface area contributed by atoms with E-state index < -0.39 is 0 Å². The molecule has 1 N–H and O–H groups in total. The summed E-state index contributed by atoms with van der Waals surface area (Å²) in [7, 11) is 0. The number of hydrogen-bond donors (Lipinski definition) is 1. The van der Waals surface area contributed by atoms with E-state index in [0.29, 0.717) is 0 Å². The molecule has 2 nitrogen and oxygen atoms in total. The van der Waals surface area contributed by atoms with Crippen LogP contribution < -0.4 is 5.32 Å². The maximum atomic E-state index is 9.99. The van der Waals surface area contributed by atoms with Crippen molar-refractivity contribution in [1.82, 2.24) is 5.32 Å². The van der Waals surface area contributed by atoms with E-state index in [1.165, 1.54) is 32.1 Å². The van der Waals surface area contributed by atoms with Crippen LogP contribution in [0.2, 0.25) is 0 Å². The Morgan fingerprint density at radius 2 is 2.00 bits per heavy atom. The third kappa shape index (κ3) is 3.24. The maximum absolute atomic E-state index is 9.99. The van der Waals surface area contributed by atoms with Crippen LogP contribution in [0.15, 0.2) is 0 Å². The summed E-state index contributed by atoms with van der Waals surface area (Å²) in [6.45, 7) is 3.20. The summed E-state index contributed by atoms with van der Waals surface area (Å²) in [6, 6.07) is 0. The van der Waals surface area contributed by atoms with E-state index in [1.807, 2.05) is 0 Å². The predicted octanol–water partition coefficient (Wildman–Crippen LogP) is 1.95. The number of nitrogens with one attached hydrogen (secondary N) is 1. The molecule has 1 aliphatic carbocycles. The zero-order valence-corrected chi connectivity index (χ0v) is 7.88. The van der Waals surface area contributed by atoms with Gasteiger partial charge in [-0.25, -0.2) is 0 Å². The Bertz CT molecular complexity index is 128. The standard InChI is InChI=1S/C10H19NO/c1-9-2-4-10(5-3-9)6-7-11-8-12/h8-10H,2-7H2,1H3,(H,11,12). The SMILES string of the molecule is CC1CCC(CCNC=O)CC1. The van der Waals surface area contributed by atoms with Crippen molar-refractivity contribution in [2.24, 2.45) is 11.8 Å². The highest BCUT2D eigenvalue weighted by Crippen LogP contribution is 2.29. The molecule has 0 radical (unpaired) electrons. The number of carbonyl (C=O) groups excluding carboxylic acids is 1. The van der Waals surface area contributed by atoms with Crippen molar-refractivity contribution in [2.45, 2.75) is 39.0 Å². The second-order valence-corrected chi connectivity index (χ2v) is 3.99. The highest BCUT2D eigenvalue weighted by molar-refractivity contribution is 5.45. The molecular formula is C10H19NO. The van der Waals surface area contributed by atoms with E-state index in [0.717, 1.165) is 24.8 Å². The third-order valence-electron chi connectivity index (χ3n) is 2.92. The number of hydrogen-bond acceptors (Lipinski definition) is 1. The Labute approximate surface area is 74.7 Å². The zero-order chi connectivity index (χ0) is 8.81. The molecule has 1 aliphatic rings. The van der Waals surface area contributed by atoms with E-state index in [2.05, 4.69) is 12.2 Å². The van der Waals surface area contributed by atoms with Gasteiger partial charge >= 0.3 is 0 Å². The van der Waals surface area contributed by atoms with Crippen LogP contribution in [0.1, 0.15) is 39.0 Å². The number of carbonyl (C=O) groups is 1. The monoisotopic (exact) mass is 169 g/mol. The zero-order valence-electron chi connectivity index (χ0n) is 7.88. The molecule has 2 heteroatoms. The fraction of sp³-hybridized carbons (Fsp3) is 0.900. The lowest BCUT2D eigenvalue weighted by atomic mass is 9.81. The van der Waals surface area contributed by atoms with Gasteiger partial charge in [0.2, 0.25) is 6.41 Å². The Hall–Kier alpha value is -0.530. The van der Waals surface area contributed by atoms with Crippen LogP contribution in [0.4, 0.5) is 0 Å². The van der Waals surface area contributed by atoms with Crippen LogP contribution in [0, 0.1) is 11.8 Å². The first-order valence-corrected chi connectivity index (χ1v) is 5.00. The van der Waals surface area contributed by atoms with Gasteiger partial charge in [0.15, 0.2) is 0 Å². The van der Waals surface area contributed by atoms with E-state index in [1.54, 1.807) is 0 Å². The summed E-state index contributed by atoms with van der Waals surface area (Å²) < 4.78 is 0. The molecule has 0 aromatic rings. The predicted molar refractivity (Wildman–Crippen MR) is 49.8 cm³/mol. The second-order valence-electron chi connectivity index (χ2n) is 3.99. The van der Waals surface area contributed by atoms with Crippen molar-refractivity contribution in [3.8, 4) is 0 Å². The first kappa shape index (κ1) is 9.56. The van der Waals surface area contributed by atoms with Gasteiger partial charge in [-0.2, -0.15) is 0 Å². The van der Waals surface area contributed by atoms with E-state index in [-0.39, 0.29) is 0 Å². The highest BCUT2D eigenvalue weighted by atomic mass is 16.1. The summed E-state index contributed by atoms with van der Waals surface area (Å²) in [5, 5.41) is 2.73. The molecule has 0 saturated heterocycles. The molecule has 1 amide bonds. The molecule has 0 atom stereocenters. The largest absolute Gasteiger partial charge is 0.359 e. The first-order chi connectivity index (χ1) is 5.83. The van der Waals surface area contributed by atoms with Gasteiger partial charge in [0.25, 0.3) is 0 Å². The summed E-state index contributed by atoms with van der Waals surface area (Å²) in [6.07, 6.45) is 7.46. The first-order valence-electron chi connectivity index (χ1n) is 5.00. The molecule has 12 heavy (non-hydrogen) atoms. The van der Waals surface area contributed by atoms with Gasteiger partial charge in [0.1, 0.15) is 0 Å². The van der Waals surface area contributed by atoms with Gasteiger partial charge in [0, 0.05) is 6.54 Å². The normalized spacial score (nSPS) is 29.8. The van der Waals surface area contributed by atoms with Gasteiger partial charge < -0.3 is 5.32 Å². The fourth-order valence-corrected chi connectivity index (χ4v) is 1.96. The molecule has 1 rings (SSSR count). The summed E-state index contributed by atoms with van der Waals surface area (Å²) in [5.74, 6) is 1.80. The minimum atomic E-state index is 0.797. The number of rotatable bonds is 4. The van der Waals surface area contributed by atoms with Gasteiger partial charge in [-0.1, -0.05) is 32.6 Å². The van der Waals surface area contributed by atoms with Crippen molar-refractivity contribution in [3.63, 3.8) is 0 Å². The van der Waals surface area contributed by atoms with E-state index >= 15 is 0 Å². The van der Waals surface area contributed by atoms with Crippen molar-refractivity contribution in [1.29, 1.82) is 0 Å². The Morgan fingerprint density at radius 3 is 2.58 bits per heavy atom. The molecule has 0 aromatic carbocycles. The van der Waals surface area contributed by atoms with Crippen LogP contribution in [-0.4, -0.2) is 13.0 Å².